The number of rotatable bonds is 4. The van der Waals surface area contributed by atoms with E-state index in [1.807, 2.05) is 23.2 Å². The molecule has 0 N–H and O–H groups in total. The lowest BCUT2D eigenvalue weighted by atomic mass is 9.90. The van der Waals surface area contributed by atoms with Gasteiger partial charge >= 0.3 is 0 Å². The van der Waals surface area contributed by atoms with Crippen molar-refractivity contribution in [3.63, 3.8) is 0 Å². The van der Waals surface area contributed by atoms with Crippen LogP contribution in [0.15, 0.2) is 49.3 Å². The summed E-state index contributed by atoms with van der Waals surface area (Å²) in [4.78, 5) is 39.1. The predicted molar refractivity (Wildman–Crippen MR) is 118 cm³/mol. The standard InChI is InChI=1S/C23H25N7O2/c31-22(20-15-25-7-8-26-20)30-9-1-2-18(16-30)21-19(17-3-5-24-6-4-17)14-27-23(28-21)29-10-12-32-13-11-29/h3-8,14-15,18H,1-2,9-13,16H2/t18-/m1/s1. The summed E-state index contributed by atoms with van der Waals surface area (Å²) in [5.74, 6) is 0.740. The number of carbonyl (C=O) groups excluding carboxylic acids is 1. The maximum atomic E-state index is 13.0. The van der Waals surface area contributed by atoms with Gasteiger partial charge in [0.2, 0.25) is 5.95 Å². The molecule has 0 radical (unpaired) electrons. The summed E-state index contributed by atoms with van der Waals surface area (Å²) in [6, 6.07) is 3.95. The van der Waals surface area contributed by atoms with Crippen LogP contribution in [0.3, 0.4) is 0 Å². The molecule has 5 heterocycles. The Kier molecular flexibility index (Phi) is 5.98. The topological polar surface area (TPSA) is 97.2 Å². The molecule has 2 saturated heterocycles. The van der Waals surface area contributed by atoms with Crippen molar-refractivity contribution in [1.82, 2.24) is 29.8 Å². The van der Waals surface area contributed by atoms with E-state index < -0.39 is 0 Å². The molecule has 1 amide bonds. The van der Waals surface area contributed by atoms with E-state index in [1.54, 1.807) is 24.8 Å². The fourth-order valence-corrected chi connectivity index (χ4v) is 4.32. The van der Waals surface area contributed by atoms with Crippen LogP contribution >= 0.6 is 0 Å². The molecule has 9 heteroatoms. The van der Waals surface area contributed by atoms with Gasteiger partial charge in [-0.25, -0.2) is 15.0 Å². The highest BCUT2D eigenvalue weighted by atomic mass is 16.5. The number of ether oxygens (including phenoxy) is 1. The molecule has 3 aromatic rings. The number of hydrogen-bond acceptors (Lipinski definition) is 8. The van der Waals surface area contributed by atoms with Gasteiger partial charge in [-0.15, -0.1) is 0 Å². The first-order valence-corrected chi connectivity index (χ1v) is 10.9. The lowest BCUT2D eigenvalue weighted by molar-refractivity contribution is 0.0699. The molecule has 9 nitrogen and oxygen atoms in total. The largest absolute Gasteiger partial charge is 0.378 e. The van der Waals surface area contributed by atoms with Crippen LogP contribution in [-0.4, -0.2) is 75.1 Å². The Hall–Kier alpha value is -3.46. The smallest absolute Gasteiger partial charge is 0.274 e. The molecule has 0 unspecified atom stereocenters. The van der Waals surface area contributed by atoms with E-state index in [2.05, 4.69) is 24.8 Å². The number of anilines is 1. The van der Waals surface area contributed by atoms with Crippen LogP contribution in [0, 0.1) is 0 Å². The van der Waals surface area contributed by atoms with Gasteiger partial charge in [-0.1, -0.05) is 0 Å². The van der Waals surface area contributed by atoms with Crippen LogP contribution in [0.1, 0.15) is 34.9 Å². The van der Waals surface area contributed by atoms with Crippen molar-refractivity contribution >= 4 is 11.9 Å². The maximum Gasteiger partial charge on any atom is 0.274 e. The molecule has 0 saturated carbocycles. The molecule has 0 aliphatic carbocycles. The highest BCUT2D eigenvalue weighted by Crippen LogP contribution is 2.34. The second kappa shape index (κ2) is 9.35. The minimum absolute atomic E-state index is 0.0873. The van der Waals surface area contributed by atoms with E-state index in [-0.39, 0.29) is 11.8 Å². The van der Waals surface area contributed by atoms with Gasteiger partial charge in [-0.3, -0.25) is 14.8 Å². The summed E-state index contributed by atoms with van der Waals surface area (Å²) >= 11 is 0. The number of carbonyl (C=O) groups is 1. The number of hydrogen-bond donors (Lipinski definition) is 0. The molecule has 32 heavy (non-hydrogen) atoms. The normalized spacial score (nSPS) is 19.1. The fourth-order valence-electron chi connectivity index (χ4n) is 4.32. The Labute approximate surface area is 186 Å². The van der Waals surface area contributed by atoms with Crippen molar-refractivity contribution in [1.29, 1.82) is 0 Å². The van der Waals surface area contributed by atoms with Gasteiger partial charge in [-0.05, 0) is 30.5 Å². The van der Waals surface area contributed by atoms with Crippen LogP contribution < -0.4 is 4.90 Å². The number of pyridine rings is 1. The minimum atomic E-state index is -0.0873. The molecule has 2 aliphatic heterocycles. The molecule has 2 aliphatic rings. The Balaban J connectivity index is 1.47. The summed E-state index contributed by atoms with van der Waals surface area (Å²) < 4.78 is 5.48. The van der Waals surface area contributed by atoms with E-state index in [0.717, 1.165) is 48.7 Å². The van der Waals surface area contributed by atoms with Crippen LogP contribution in [0.4, 0.5) is 5.95 Å². The quantitative estimate of drug-likeness (QED) is 0.620. The zero-order valence-electron chi connectivity index (χ0n) is 17.8. The van der Waals surface area contributed by atoms with Crippen molar-refractivity contribution < 1.29 is 9.53 Å². The number of aromatic nitrogens is 5. The predicted octanol–water partition coefficient (Wildman–Crippen LogP) is 2.18. The van der Waals surface area contributed by atoms with E-state index in [4.69, 9.17) is 9.72 Å². The zero-order chi connectivity index (χ0) is 21.8. The summed E-state index contributed by atoms with van der Waals surface area (Å²) in [6.07, 6.45) is 12.0. The summed E-state index contributed by atoms with van der Waals surface area (Å²) in [5.41, 5.74) is 3.37. The Morgan fingerprint density at radius 2 is 1.81 bits per heavy atom. The number of nitrogens with zero attached hydrogens (tertiary/aromatic N) is 7. The molecule has 3 aromatic heterocycles. The van der Waals surface area contributed by atoms with E-state index in [9.17, 15) is 4.79 Å². The van der Waals surface area contributed by atoms with Gasteiger partial charge in [0.25, 0.3) is 5.91 Å². The lowest BCUT2D eigenvalue weighted by Gasteiger charge is -2.34. The highest BCUT2D eigenvalue weighted by Gasteiger charge is 2.30. The fraction of sp³-hybridized carbons (Fsp3) is 0.391. The maximum absolute atomic E-state index is 13.0. The minimum Gasteiger partial charge on any atom is -0.378 e. The van der Waals surface area contributed by atoms with Gasteiger partial charge in [0.05, 0.1) is 25.1 Å². The van der Waals surface area contributed by atoms with Crippen molar-refractivity contribution in [3.05, 3.63) is 60.7 Å². The summed E-state index contributed by atoms with van der Waals surface area (Å²) in [7, 11) is 0. The number of morpholine rings is 1. The number of piperidine rings is 1. The second-order valence-electron chi connectivity index (χ2n) is 7.99. The van der Waals surface area contributed by atoms with Crippen LogP contribution in [0.25, 0.3) is 11.1 Å². The molecule has 5 rings (SSSR count). The van der Waals surface area contributed by atoms with Crippen molar-refractivity contribution in [2.75, 3.05) is 44.3 Å². The van der Waals surface area contributed by atoms with Gasteiger partial charge in [0.15, 0.2) is 0 Å². The molecule has 2 fully saturated rings. The van der Waals surface area contributed by atoms with Crippen LogP contribution in [-0.2, 0) is 4.74 Å². The van der Waals surface area contributed by atoms with Gasteiger partial charge in [0, 0.05) is 68.6 Å². The third-order valence-corrected chi connectivity index (χ3v) is 5.97. The summed E-state index contributed by atoms with van der Waals surface area (Å²) in [5, 5.41) is 0. The van der Waals surface area contributed by atoms with Crippen molar-refractivity contribution in [2.45, 2.75) is 18.8 Å². The zero-order valence-corrected chi connectivity index (χ0v) is 17.8. The molecule has 1 atom stereocenters. The Morgan fingerprint density at radius 1 is 0.969 bits per heavy atom. The molecular weight excluding hydrogens is 406 g/mol. The molecule has 0 spiro atoms. The van der Waals surface area contributed by atoms with E-state index in [1.165, 1.54) is 6.20 Å². The van der Waals surface area contributed by atoms with Crippen LogP contribution in [0.2, 0.25) is 0 Å². The van der Waals surface area contributed by atoms with Crippen molar-refractivity contribution in [2.24, 2.45) is 0 Å². The van der Waals surface area contributed by atoms with Crippen LogP contribution in [0.5, 0.6) is 0 Å². The average molecular weight is 432 g/mol. The lowest BCUT2D eigenvalue weighted by Crippen LogP contribution is -2.40. The Morgan fingerprint density at radius 3 is 2.59 bits per heavy atom. The number of likely N-dealkylation sites (tertiary alicyclic amines) is 1. The third kappa shape index (κ3) is 4.29. The summed E-state index contributed by atoms with van der Waals surface area (Å²) in [6.45, 7) is 4.19. The first-order valence-electron chi connectivity index (χ1n) is 10.9. The number of amides is 1. The molecule has 0 bridgehead atoms. The van der Waals surface area contributed by atoms with Gasteiger partial charge in [0.1, 0.15) is 5.69 Å². The molecule has 0 aromatic carbocycles. The molecular formula is C23H25N7O2. The molecule has 164 valence electrons. The highest BCUT2D eigenvalue weighted by molar-refractivity contribution is 5.92. The van der Waals surface area contributed by atoms with E-state index >= 15 is 0 Å². The first-order chi connectivity index (χ1) is 15.8. The first kappa shape index (κ1) is 20.4. The van der Waals surface area contributed by atoms with Gasteiger partial charge < -0.3 is 14.5 Å². The Bertz CT molecular complexity index is 1060. The van der Waals surface area contributed by atoms with Crippen molar-refractivity contribution in [3.8, 4) is 11.1 Å². The SMILES string of the molecule is O=C(c1cnccn1)N1CCC[C@@H](c2nc(N3CCOCC3)ncc2-c2ccncc2)C1. The van der Waals surface area contributed by atoms with E-state index in [0.29, 0.717) is 32.0 Å². The second-order valence-corrected chi connectivity index (χ2v) is 7.99. The average Bonchev–Trinajstić information content (AvgIpc) is 2.89. The monoisotopic (exact) mass is 431 g/mol. The van der Waals surface area contributed by atoms with Gasteiger partial charge in [-0.2, -0.15) is 0 Å². The third-order valence-electron chi connectivity index (χ3n) is 5.97.